The smallest absolute Gasteiger partial charge is 0.251 e. The van der Waals surface area contributed by atoms with Gasteiger partial charge in [-0.25, -0.2) is 0 Å². The van der Waals surface area contributed by atoms with Crippen molar-refractivity contribution in [1.29, 1.82) is 0 Å². The highest BCUT2D eigenvalue weighted by Crippen LogP contribution is 2.23. The molecule has 0 atom stereocenters. The first-order valence-corrected chi connectivity index (χ1v) is 7.59. The number of H-pyrrole nitrogens is 1. The van der Waals surface area contributed by atoms with Gasteiger partial charge in [-0.1, -0.05) is 13.8 Å². The maximum Gasteiger partial charge on any atom is 0.251 e. The Morgan fingerprint density at radius 3 is 2.41 bits per heavy atom. The predicted octanol–water partition coefficient (Wildman–Crippen LogP) is 3.75. The van der Waals surface area contributed by atoms with Gasteiger partial charge in [-0.3, -0.25) is 9.59 Å². The van der Waals surface area contributed by atoms with E-state index in [0.29, 0.717) is 6.42 Å². The minimum atomic E-state index is -0.0354. The number of anilines is 2. The highest BCUT2D eigenvalue weighted by Gasteiger charge is 2.09. The average Bonchev–Trinajstić information content (AvgIpc) is 2.49. The number of Topliss-reactive ketones (excluding diaryl/α,β-unsaturated/α-hetero) is 1. The molecule has 4 heteroatoms. The lowest BCUT2D eigenvalue weighted by Gasteiger charge is -2.13. The molecule has 2 N–H and O–H groups in total. The van der Waals surface area contributed by atoms with E-state index < -0.39 is 0 Å². The third kappa shape index (κ3) is 3.27. The topological polar surface area (TPSA) is 62.0 Å². The molecule has 4 nitrogen and oxygen atoms in total. The van der Waals surface area contributed by atoms with Gasteiger partial charge in [0.25, 0.3) is 5.56 Å². The van der Waals surface area contributed by atoms with Gasteiger partial charge in [0.05, 0.1) is 5.69 Å². The molecule has 0 aliphatic carbocycles. The summed E-state index contributed by atoms with van der Waals surface area (Å²) in [6, 6.07) is 7.63. The van der Waals surface area contributed by atoms with E-state index >= 15 is 0 Å². The van der Waals surface area contributed by atoms with E-state index in [1.54, 1.807) is 6.92 Å². The van der Waals surface area contributed by atoms with Crippen LogP contribution in [-0.4, -0.2) is 10.8 Å². The Morgan fingerprint density at radius 1 is 1.14 bits per heavy atom. The van der Waals surface area contributed by atoms with Crippen molar-refractivity contribution in [2.24, 2.45) is 0 Å². The SMILES string of the molecule is CCc1cc(Nc2cc(CC)c(=O)[nH]c2C)ccc1C(C)=O. The molecule has 2 aromatic rings. The van der Waals surface area contributed by atoms with E-state index in [0.717, 1.165) is 40.2 Å². The van der Waals surface area contributed by atoms with Crippen LogP contribution in [0, 0.1) is 6.92 Å². The highest BCUT2D eigenvalue weighted by molar-refractivity contribution is 5.96. The summed E-state index contributed by atoms with van der Waals surface area (Å²) in [5.41, 5.74) is 5.11. The Balaban J connectivity index is 2.39. The van der Waals surface area contributed by atoms with Crippen molar-refractivity contribution >= 4 is 17.2 Å². The van der Waals surface area contributed by atoms with Crippen LogP contribution in [0.15, 0.2) is 29.1 Å². The van der Waals surface area contributed by atoms with Gasteiger partial charge in [0.1, 0.15) is 0 Å². The molecule has 0 spiro atoms. The van der Waals surface area contributed by atoms with Crippen LogP contribution in [0.25, 0.3) is 0 Å². The zero-order valence-corrected chi connectivity index (χ0v) is 13.5. The van der Waals surface area contributed by atoms with E-state index in [1.807, 2.05) is 45.0 Å². The summed E-state index contributed by atoms with van der Waals surface area (Å²) in [5.74, 6) is 0.0805. The molecular weight excluding hydrogens is 276 g/mol. The van der Waals surface area contributed by atoms with Gasteiger partial charge in [0.15, 0.2) is 5.78 Å². The Morgan fingerprint density at radius 2 is 1.82 bits per heavy atom. The molecule has 1 aromatic heterocycles. The zero-order chi connectivity index (χ0) is 16.3. The predicted molar refractivity (Wildman–Crippen MR) is 90.3 cm³/mol. The number of hydrogen-bond donors (Lipinski definition) is 2. The molecule has 0 aliphatic heterocycles. The van der Waals surface area contributed by atoms with E-state index in [9.17, 15) is 9.59 Å². The van der Waals surface area contributed by atoms with Crippen LogP contribution >= 0.6 is 0 Å². The fourth-order valence-corrected chi connectivity index (χ4v) is 2.52. The van der Waals surface area contributed by atoms with Gasteiger partial charge in [-0.2, -0.15) is 0 Å². The summed E-state index contributed by atoms with van der Waals surface area (Å²) in [5, 5.41) is 3.33. The third-order valence-electron chi connectivity index (χ3n) is 3.84. The van der Waals surface area contributed by atoms with Gasteiger partial charge >= 0.3 is 0 Å². The van der Waals surface area contributed by atoms with Gasteiger partial charge in [0, 0.05) is 22.5 Å². The summed E-state index contributed by atoms with van der Waals surface area (Å²) in [6.45, 7) is 7.45. The second-order valence-electron chi connectivity index (χ2n) is 5.42. The second kappa shape index (κ2) is 6.60. The number of ketones is 1. The first-order chi connectivity index (χ1) is 10.5. The standard InChI is InChI=1S/C18H22N2O2/c1-5-13-9-15(7-8-16(13)12(4)21)20-17-10-14(6-2)18(22)19-11(17)3/h7-10,20H,5-6H2,1-4H3,(H,19,22). The molecule has 0 radical (unpaired) electrons. The van der Waals surface area contributed by atoms with Crippen LogP contribution in [0.3, 0.4) is 0 Å². The monoisotopic (exact) mass is 298 g/mol. The molecule has 116 valence electrons. The highest BCUT2D eigenvalue weighted by atomic mass is 16.1. The molecule has 0 unspecified atom stereocenters. The maximum atomic E-state index is 11.8. The number of carbonyl (C=O) groups excluding carboxylic acids is 1. The molecular formula is C18H22N2O2. The third-order valence-corrected chi connectivity index (χ3v) is 3.84. The largest absolute Gasteiger partial charge is 0.354 e. The van der Waals surface area contributed by atoms with Gasteiger partial charge in [-0.15, -0.1) is 0 Å². The summed E-state index contributed by atoms with van der Waals surface area (Å²) in [7, 11) is 0. The molecule has 0 saturated heterocycles. The number of pyridine rings is 1. The van der Waals surface area contributed by atoms with E-state index in [2.05, 4.69) is 10.3 Å². The van der Waals surface area contributed by atoms with Crippen molar-refractivity contribution in [3.63, 3.8) is 0 Å². The zero-order valence-electron chi connectivity index (χ0n) is 13.5. The van der Waals surface area contributed by atoms with Crippen molar-refractivity contribution in [2.45, 2.75) is 40.5 Å². The molecule has 0 saturated carbocycles. The van der Waals surface area contributed by atoms with Crippen molar-refractivity contribution in [3.05, 3.63) is 57.0 Å². The number of aromatic nitrogens is 1. The van der Waals surface area contributed by atoms with Gasteiger partial charge in [-0.05, 0) is 56.5 Å². The Hall–Kier alpha value is -2.36. The number of hydrogen-bond acceptors (Lipinski definition) is 3. The first-order valence-electron chi connectivity index (χ1n) is 7.59. The van der Waals surface area contributed by atoms with Crippen LogP contribution in [-0.2, 0) is 12.8 Å². The van der Waals surface area contributed by atoms with E-state index in [4.69, 9.17) is 0 Å². The summed E-state index contributed by atoms with van der Waals surface area (Å²) >= 11 is 0. The van der Waals surface area contributed by atoms with Crippen molar-refractivity contribution in [1.82, 2.24) is 4.98 Å². The minimum absolute atomic E-state index is 0.0354. The lowest BCUT2D eigenvalue weighted by Crippen LogP contribution is -2.14. The van der Waals surface area contributed by atoms with Crippen molar-refractivity contribution < 1.29 is 4.79 Å². The van der Waals surface area contributed by atoms with E-state index in [1.165, 1.54) is 0 Å². The fourth-order valence-electron chi connectivity index (χ4n) is 2.52. The number of nitrogens with one attached hydrogen (secondary N) is 2. The van der Waals surface area contributed by atoms with Crippen LogP contribution in [0.1, 0.15) is 48.0 Å². The van der Waals surface area contributed by atoms with Gasteiger partial charge in [0.2, 0.25) is 0 Å². The molecule has 2 rings (SSSR count). The number of rotatable bonds is 5. The van der Waals surface area contributed by atoms with Crippen LogP contribution < -0.4 is 10.9 Å². The Kier molecular flexibility index (Phi) is 4.81. The quantitative estimate of drug-likeness (QED) is 0.826. The number of aromatic amines is 1. The Bertz CT molecular complexity index is 760. The summed E-state index contributed by atoms with van der Waals surface area (Å²) < 4.78 is 0. The number of carbonyl (C=O) groups is 1. The average molecular weight is 298 g/mol. The maximum absolute atomic E-state index is 11.8. The molecule has 1 heterocycles. The molecule has 0 aliphatic rings. The molecule has 1 aromatic carbocycles. The van der Waals surface area contributed by atoms with Gasteiger partial charge < -0.3 is 10.3 Å². The second-order valence-corrected chi connectivity index (χ2v) is 5.42. The normalized spacial score (nSPS) is 10.5. The minimum Gasteiger partial charge on any atom is -0.354 e. The lowest BCUT2D eigenvalue weighted by atomic mass is 10.0. The van der Waals surface area contributed by atoms with Crippen LogP contribution in [0.4, 0.5) is 11.4 Å². The molecule has 0 fully saturated rings. The first kappa shape index (κ1) is 16.0. The van der Waals surface area contributed by atoms with Crippen LogP contribution in [0.5, 0.6) is 0 Å². The number of aryl methyl sites for hydroxylation is 3. The fraction of sp³-hybridized carbons (Fsp3) is 0.333. The summed E-state index contributed by atoms with van der Waals surface area (Å²) in [6.07, 6.45) is 1.49. The molecule has 0 amide bonds. The van der Waals surface area contributed by atoms with Crippen molar-refractivity contribution in [2.75, 3.05) is 5.32 Å². The molecule has 0 bridgehead atoms. The summed E-state index contributed by atoms with van der Waals surface area (Å²) in [4.78, 5) is 26.2. The van der Waals surface area contributed by atoms with Crippen LogP contribution in [0.2, 0.25) is 0 Å². The lowest BCUT2D eigenvalue weighted by molar-refractivity contribution is 0.101. The number of benzene rings is 1. The van der Waals surface area contributed by atoms with Crippen molar-refractivity contribution in [3.8, 4) is 0 Å². The molecule has 22 heavy (non-hydrogen) atoms. The Labute approximate surface area is 130 Å². The van der Waals surface area contributed by atoms with E-state index in [-0.39, 0.29) is 11.3 Å².